The first kappa shape index (κ1) is 25.7. The molecule has 1 heterocycles. The number of hydrogen-bond donors (Lipinski definition) is 2. The molecule has 0 saturated carbocycles. The summed E-state index contributed by atoms with van der Waals surface area (Å²) in [5.74, 6) is 3.03. The molecule has 0 radical (unpaired) electrons. The number of likely N-dealkylation sites (N-methyl/N-ethyl adjacent to an activating group) is 1. The molecule has 0 amide bonds. The third-order valence-electron chi connectivity index (χ3n) is 5.32. The zero-order valence-electron chi connectivity index (χ0n) is 20.5. The van der Waals surface area contributed by atoms with Gasteiger partial charge >= 0.3 is 0 Å². The standard InChI is InChI=1S/C26H31N5O4/c1-28-16-20(32)17-35-21-8-5-7-19(13-21)26-29-22(15-25(30-26)31(2)12-6-11-27)18-9-10-23(33-3)24(14-18)34-4/h5,7-10,13-15,20,28,32H,6,12,16-17H2,1-4H3. The van der Waals surface area contributed by atoms with Gasteiger partial charge in [0, 0.05) is 37.3 Å². The van der Waals surface area contributed by atoms with E-state index in [1.165, 1.54) is 0 Å². The number of hydrogen-bond acceptors (Lipinski definition) is 9. The van der Waals surface area contributed by atoms with Crippen LogP contribution in [0.3, 0.4) is 0 Å². The molecule has 9 nitrogen and oxygen atoms in total. The van der Waals surface area contributed by atoms with Crippen LogP contribution in [0.5, 0.6) is 17.2 Å². The number of methoxy groups -OCH3 is 2. The lowest BCUT2D eigenvalue weighted by atomic mass is 10.1. The third-order valence-corrected chi connectivity index (χ3v) is 5.32. The highest BCUT2D eigenvalue weighted by atomic mass is 16.5. The van der Waals surface area contributed by atoms with Crippen molar-refractivity contribution < 1.29 is 19.3 Å². The Hall–Kier alpha value is -3.87. The molecule has 1 aromatic heterocycles. The van der Waals surface area contributed by atoms with Gasteiger partial charge in [0.1, 0.15) is 24.3 Å². The Kier molecular flexibility index (Phi) is 9.23. The van der Waals surface area contributed by atoms with Crippen LogP contribution in [-0.4, -0.2) is 69.2 Å². The SMILES string of the molecule is CNCC(O)COc1cccc(-c2nc(-c3ccc(OC)c(OC)c3)cc(N(C)CCC#N)n2)c1. The predicted molar refractivity (Wildman–Crippen MR) is 135 cm³/mol. The van der Waals surface area contributed by atoms with Crippen LogP contribution < -0.4 is 24.4 Å². The van der Waals surface area contributed by atoms with Crippen molar-refractivity contribution >= 4 is 5.82 Å². The smallest absolute Gasteiger partial charge is 0.162 e. The summed E-state index contributed by atoms with van der Waals surface area (Å²) in [5, 5.41) is 21.9. The van der Waals surface area contributed by atoms with E-state index in [0.717, 1.165) is 11.1 Å². The van der Waals surface area contributed by atoms with E-state index in [2.05, 4.69) is 11.4 Å². The van der Waals surface area contributed by atoms with Crippen LogP contribution in [0.4, 0.5) is 5.82 Å². The fourth-order valence-electron chi connectivity index (χ4n) is 3.45. The molecule has 9 heteroatoms. The van der Waals surface area contributed by atoms with Crippen molar-refractivity contribution in [3.05, 3.63) is 48.5 Å². The van der Waals surface area contributed by atoms with Gasteiger partial charge in [-0.2, -0.15) is 5.26 Å². The molecule has 35 heavy (non-hydrogen) atoms. The molecule has 0 aliphatic heterocycles. The molecule has 1 atom stereocenters. The Bertz CT molecular complexity index is 1160. The summed E-state index contributed by atoms with van der Waals surface area (Å²) >= 11 is 0. The van der Waals surface area contributed by atoms with Gasteiger partial charge in [0.05, 0.1) is 32.4 Å². The maximum absolute atomic E-state index is 9.95. The lowest BCUT2D eigenvalue weighted by molar-refractivity contribution is 0.108. The fourth-order valence-corrected chi connectivity index (χ4v) is 3.45. The summed E-state index contributed by atoms with van der Waals surface area (Å²) in [5.41, 5.74) is 2.30. The minimum atomic E-state index is -0.617. The summed E-state index contributed by atoms with van der Waals surface area (Å²) < 4.78 is 16.6. The van der Waals surface area contributed by atoms with E-state index in [0.29, 0.717) is 54.1 Å². The van der Waals surface area contributed by atoms with Gasteiger partial charge in [0.15, 0.2) is 17.3 Å². The van der Waals surface area contributed by atoms with Gasteiger partial charge in [-0.25, -0.2) is 9.97 Å². The lowest BCUT2D eigenvalue weighted by Gasteiger charge is -2.19. The highest BCUT2D eigenvalue weighted by Crippen LogP contribution is 2.33. The fraction of sp³-hybridized carbons (Fsp3) is 0.346. The van der Waals surface area contributed by atoms with Crippen molar-refractivity contribution in [1.82, 2.24) is 15.3 Å². The first-order valence-electron chi connectivity index (χ1n) is 11.2. The highest BCUT2D eigenvalue weighted by Gasteiger charge is 2.14. The highest BCUT2D eigenvalue weighted by molar-refractivity contribution is 5.70. The van der Waals surface area contributed by atoms with Crippen LogP contribution in [0, 0.1) is 11.3 Å². The monoisotopic (exact) mass is 477 g/mol. The Morgan fingerprint density at radius 2 is 1.86 bits per heavy atom. The number of aromatic nitrogens is 2. The molecule has 0 fully saturated rings. The number of nitriles is 1. The van der Waals surface area contributed by atoms with E-state index in [4.69, 9.17) is 29.4 Å². The van der Waals surface area contributed by atoms with Crippen LogP contribution in [0.2, 0.25) is 0 Å². The molecule has 0 aliphatic carbocycles. The minimum Gasteiger partial charge on any atom is -0.493 e. The zero-order valence-corrected chi connectivity index (χ0v) is 20.5. The molecule has 2 aromatic carbocycles. The Labute approximate surface area is 205 Å². The van der Waals surface area contributed by atoms with Gasteiger partial charge in [-0.1, -0.05) is 12.1 Å². The van der Waals surface area contributed by atoms with E-state index in [-0.39, 0.29) is 6.61 Å². The molecule has 3 rings (SSSR count). The van der Waals surface area contributed by atoms with Crippen LogP contribution in [0.25, 0.3) is 22.6 Å². The number of rotatable bonds is 12. The molecule has 0 saturated heterocycles. The van der Waals surface area contributed by atoms with Gasteiger partial charge in [-0.05, 0) is 37.4 Å². The average molecular weight is 478 g/mol. The number of nitrogens with one attached hydrogen (secondary N) is 1. The van der Waals surface area contributed by atoms with E-state index >= 15 is 0 Å². The van der Waals surface area contributed by atoms with Crippen LogP contribution in [0.15, 0.2) is 48.5 Å². The topological polar surface area (TPSA) is 113 Å². The van der Waals surface area contributed by atoms with E-state index in [1.807, 2.05) is 60.5 Å². The quantitative estimate of drug-likeness (QED) is 0.406. The van der Waals surface area contributed by atoms with Crippen molar-refractivity contribution in [2.24, 2.45) is 0 Å². The number of ether oxygens (including phenoxy) is 3. The summed E-state index contributed by atoms with van der Waals surface area (Å²) in [4.78, 5) is 11.5. The van der Waals surface area contributed by atoms with Crippen molar-refractivity contribution in [2.45, 2.75) is 12.5 Å². The van der Waals surface area contributed by atoms with Crippen molar-refractivity contribution in [3.63, 3.8) is 0 Å². The number of benzene rings is 2. The van der Waals surface area contributed by atoms with Crippen LogP contribution in [-0.2, 0) is 0 Å². The zero-order chi connectivity index (χ0) is 25.2. The first-order chi connectivity index (χ1) is 17.0. The third kappa shape index (κ3) is 6.82. The van der Waals surface area contributed by atoms with Gasteiger partial charge < -0.3 is 29.5 Å². The van der Waals surface area contributed by atoms with E-state index in [1.54, 1.807) is 21.3 Å². The molecule has 2 N–H and O–H groups in total. The van der Waals surface area contributed by atoms with Gasteiger partial charge in [0.2, 0.25) is 0 Å². The van der Waals surface area contributed by atoms with Crippen LogP contribution in [0.1, 0.15) is 6.42 Å². The molecule has 0 spiro atoms. The largest absolute Gasteiger partial charge is 0.493 e. The lowest BCUT2D eigenvalue weighted by Crippen LogP contribution is -2.29. The minimum absolute atomic E-state index is 0.166. The van der Waals surface area contributed by atoms with Crippen molar-refractivity contribution in [3.8, 4) is 46.0 Å². The number of aliphatic hydroxyl groups excluding tert-OH is 1. The Balaban J connectivity index is 2.01. The Morgan fingerprint density at radius 1 is 1.06 bits per heavy atom. The molecular formula is C26H31N5O4. The van der Waals surface area contributed by atoms with E-state index < -0.39 is 6.10 Å². The molecule has 0 aliphatic rings. The predicted octanol–water partition coefficient (Wildman–Crippen LogP) is 3.14. The summed E-state index contributed by atoms with van der Waals surface area (Å²) in [6, 6.07) is 17.1. The molecule has 3 aromatic rings. The second-order valence-corrected chi connectivity index (χ2v) is 7.88. The summed E-state index contributed by atoms with van der Waals surface area (Å²) in [6.07, 6.45) is -0.242. The maximum Gasteiger partial charge on any atom is 0.162 e. The number of aliphatic hydroxyl groups is 1. The second-order valence-electron chi connectivity index (χ2n) is 7.88. The molecule has 1 unspecified atom stereocenters. The van der Waals surface area contributed by atoms with Crippen molar-refractivity contribution in [2.75, 3.05) is 52.9 Å². The number of anilines is 1. The summed E-state index contributed by atoms with van der Waals surface area (Å²) in [6.45, 7) is 1.14. The van der Waals surface area contributed by atoms with E-state index in [9.17, 15) is 5.11 Å². The number of nitrogens with zero attached hydrogens (tertiary/aromatic N) is 4. The maximum atomic E-state index is 9.95. The van der Waals surface area contributed by atoms with Crippen LogP contribution >= 0.6 is 0 Å². The molecular weight excluding hydrogens is 446 g/mol. The molecule has 0 bridgehead atoms. The average Bonchev–Trinajstić information content (AvgIpc) is 2.90. The first-order valence-corrected chi connectivity index (χ1v) is 11.2. The van der Waals surface area contributed by atoms with Gasteiger partial charge in [-0.3, -0.25) is 0 Å². The molecule has 184 valence electrons. The summed E-state index contributed by atoms with van der Waals surface area (Å²) in [7, 11) is 6.85. The normalized spacial score (nSPS) is 11.4. The van der Waals surface area contributed by atoms with Gasteiger partial charge in [0.25, 0.3) is 0 Å². The van der Waals surface area contributed by atoms with Crippen molar-refractivity contribution in [1.29, 1.82) is 5.26 Å². The van der Waals surface area contributed by atoms with Gasteiger partial charge in [-0.15, -0.1) is 0 Å². The Morgan fingerprint density at radius 3 is 2.57 bits per heavy atom. The second kappa shape index (κ2) is 12.6.